The molecule has 146 valence electrons. The minimum Gasteiger partial charge on any atom is -0.497 e. The van der Waals surface area contributed by atoms with Gasteiger partial charge in [0.1, 0.15) is 17.8 Å². The molecule has 0 fully saturated rings. The van der Waals surface area contributed by atoms with Gasteiger partial charge in [0.15, 0.2) is 0 Å². The maximum absolute atomic E-state index is 13.3. The third-order valence-electron chi connectivity index (χ3n) is 4.62. The molecule has 0 saturated heterocycles. The topological polar surface area (TPSA) is 60.2 Å². The minimum absolute atomic E-state index is 0.0765. The lowest BCUT2D eigenvalue weighted by atomic mass is 10.2. The molecule has 0 bridgehead atoms. The lowest BCUT2D eigenvalue weighted by Crippen LogP contribution is -2.33. The van der Waals surface area contributed by atoms with E-state index < -0.39 is 0 Å². The van der Waals surface area contributed by atoms with E-state index in [4.69, 9.17) is 16.3 Å². The molecular weight excluding hydrogens is 388 g/mol. The van der Waals surface area contributed by atoms with Crippen LogP contribution in [0.2, 0.25) is 5.02 Å². The molecule has 0 saturated carbocycles. The van der Waals surface area contributed by atoms with Gasteiger partial charge in [0.25, 0.3) is 0 Å². The first-order chi connectivity index (χ1) is 14.1. The number of anilines is 1. The first-order valence-electron chi connectivity index (χ1n) is 9.11. The van der Waals surface area contributed by atoms with Gasteiger partial charge in [-0.05, 0) is 54.1 Å². The number of benzene rings is 3. The molecule has 7 heteroatoms. The molecular formula is C22H19ClN4O2. The number of amides is 1. The zero-order chi connectivity index (χ0) is 20.2. The smallest absolute Gasteiger partial charge is 0.249 e. The fraction of sp³-hybridized carbons (Fsp3) is 0.136. The van der Waals surface area contributed by atoms with Gasteiger partial charge in [-0.2, -0.15) is 0 Å². The third kappa shape index (κ3) is 4.22. The van der Waals surface area contributed by atoms with Gasteiger partial charge < -0.3 is 9.64 Å². The molecule has 1 heterocycles. The number of aromatic nitrogens is 3. The molecule has 3 aromatic carbocycles. The summed E-state index contributed by atoms with van der Waals surface area (Å²) in [6.07, 6.45) is 0. The van der Waals surface area contributed by atoms with Crippen LogP contribution >= 0.6 is 11.6 Å². The fourth-order valence-electron chi connectivity index (χ4n) is 3.15. The van der Waals surface area contributed by atoms with E-state index >= 15 is 0 Å². The van der Waals surface area contributed by atoms with E-state index in [1.807, 2.05) is 72.8 Å². The summed E-state index contributed by atoms with van der Waals surface area (Å²) in [6.45, 7) is 0.464. The maximum atomic E-state index is 13.3. The Morgan fingerprint density at radius 3 is 2.62 bits per heavy atom. The van der Waals surface area contributed by atoms with E-state index in [2.05, 4.69) is 10.3 Å². The molecule has 1 aromatic heterocycles. The summed E-state index contributed by atoms with van der Waals surface area (Å²) in [5.74, 6) is 0.622. The number of nitrogens with zero attached hydrogens (tertiary/aromatic N) is 4. The van der Waals surface area contributed by atoms with Crippen molar-refractivity contribution in [2.75, 3.05) is 12.0 Å². The van der Waals surface area contributed by atoms with Crippen molar-refractivity contribution in [3.63, 3.8) is 0 Å². The van der Waals surface area contributed by atoms with Crippen LogP contribution in [-0.4, -0.2) is 28.0 Å². The molecule has 0 aliphatic rings. The number of carbonyl (C=O) groups excluding carboxylic acids is 1. The largest absolute Gasteiger partial charge is 0.497 e. The van der Waals surface area contributed by atoms with Crippen molar-refractivity contribution < 1.29 is 9.53 Å². The van der Waals surface area contributed by atoms with Crippen LogP contribution in [0.1, 0.15) is 5.56 Å². The lowest BCUT2D eigenvalue weighted by molar-refractivity contribution is -0.119. The van der Waals surface area contributed by atoms with Crippen LogP contribution in [0.5, 0.6) is 5.75 Å². The van der Waals surface area contributed by atoms with Crippen LogP contribution in [0, 0.1) is 0 Å². The summed E-state index contributed by atoms with van der Waals surface area (Å²) >= 11 is 6.13. The second-order valence-electron chi connectivity index (χ2n) is 6.54. The maximum Gasteiger partial charge on any atom is 0.249 e. The molecule has 0 atom stereocenters. The Morgan fingerprint density at radius 1 is 1.07 bits per heavy atom. The number of hydrogen-bond acceptors (Lipinski definition) is 4. The van der Waals surface area contributed by atoms with E-state index in [0.29, 0.717) is 11.6 Å². The fourth-order valence-corrected chi connectivity index (χ4v) is 3.36. The van der Waals surface area contributed by atoms with Gasteiger partial charge in [0.05, 0.1) is 19.2 Å². The first-order valence-corrected chi connectivity index (χ1v) is 9.49. The van der Waals surface area contributed by atoms with Crippen LogP contribution in [-0.2, 0) is 17.9 Å². The van der Waals surface area contributed by atoms with Crippen molar-refractivity contribution in [1.29, 1.82) is 0 Å². The summed E-state index contributed by atoms with van der Waals surface area (Å²) in [5.41, 5.74) is 3.27. The van der Waals surface area contributed by atoms with E-state index in [-0.39, 0.29) is 12.5 Å². The second-order valence-corrected chi connectivity index (χ2v) is 6.98. The highest BCUT2D eigenvalue weighted by molar-refractivity contribution is 6.30. The zero-order valence-corrected chi connectivity index (χ0v) is 16.6. The summed E-state index contributed by atoms with van der Waals surface area (Å²) in [6, 6.07) is 22.4. The van der Waals surface area contributed by atoms with Crippen LogP contribution in [0.15, 0.2) is 72.8 Å². The van der Waals surface area contributed by atoms with Crippen LogP contribution in [0.25, 0.3) is 11.0 Å². The summed E-state index contributed by atoms with van der Waals surface area (Å²) in [4.78, 5) is 15.0. The highest BCUT2D eigenvalue weighted by Gasteiger charge is 2.19. The molecule has 0 unspecified atom stereocenters. The van der Waals surface area contributed by atoms with Gasteiger partial charge in [-0.25, -0.2) is 4.68 Å². The molecule has 4 aromatic rings. The first kappa shape index (κ1) is 19.0. The van der Waals surface area contributed by atoms with Crippen molar-refractivity contribution in [3.05, 3.63) is 83.4 Å². The SMILES string of the molecule is COc1ccc(N(Cc2cccc(Cl)c2)C(=O)Cn2nnc3ccccc32)cc1. The van der Waals surface area contributed by atoms with Crippen molar-refractivity contribution in [2.45, 2.75) is 13.1 Å². The lowest BCUT2D eigenvalue weighted by Gasteiger charge is -2.23. The van der Waals surface area contributed by atoms with Crippen molar-refractivity contribution in [1.82, 2.24) is 15.0 Å². The van der Waals surface area contributed by atoms with Crippen molar-refractivity contribution in [2.24, 2.45) is 0 Å². The van der Waals surface area contributed by atoms with Gasteiger partial charge in [0, 0.05) is 10.7 Å². The van der Waals surface area contributed by atoms with E-state index in [1.54, 1.807) is 16.7 Å². The predicted molar refractivity (Wildman–Crippen MR) is 113 cm³/mol. The number of methoxy groups -OCH3 is 1. The van der Waals surface area contributed by atoms with Gasteiger partial charge in [0.2, 0.25) is 5.91 Å². The van der Waals surface area contributed by atoms with Crippen molar-refractivity contribution in [3.8, 4) is 5.75 Å². The number of fused-ring (bicyclic) bond motifs is 1. The third-order valence-corrected chi connectivity index (χ3v) is 4.86. The second kappa shape index (κ2) is 8.32. The molecule has 0 radical (unpaired) electrons. The van der Waals surface area contributed by atoms with Crippen LogP contribution in [0.4, 0.5) is 5.69 Å². The normalized spacial score (nSPS) is 10.8. The van der Waals surface area contributed by atoms with Gasteiger partial charge in [-0.1, -0.05) is 41.1 Å². The highest BCUT2D eigenvalue weighted by atomic mass is 35.5. The molecule has 0 aliphatic heterocycles. The van der Waals surface area contributed by atoms with Crippen molar-refractivity contribution >= 4 is 34.2 Å². The number of rotatable bonds is 6. The highest BCUT2D eigenvalue weighted by Crippen LogP contribution is 2.23. The molecule has 0 N–H and O–H groups in total. The molecule has 0 spiro atoms. The van der Waals surface area contributed by atoms with Gasteiger partial charge in [-0.3, -0.25) is 4.79 Å². The molecule has 0 aliphatic carbocycles. The minimum atomic E-state index is -0.106. The average molecular weight is 407 g/mol. The predicted octanol–water partition coefficient (Wildman–Crippen LogP) is 4.33. The molecule has 6 nitrogen and oxygen atoms in total. The van der Waals surface area contributed by atoms with E-state index in [0.717, 1.165) is 28.0 Å². The molecule has 29 heavy (non-hydrogen) atoms. The van der Waals surface area contributed by atoms with E-state index in [9.17, 15) is 4.79 Å². The van der Waals surface area contributed by atoms with E-state index in [1.165, 1.54) is 0 Å². The zero-order valence-electron chi connectivity index (χ0n) is 15.8. The summed E-state index contributed by atoms with van der Waals surface area (Å²) in [5, 5.41) is 8.90. The Kier molecular flexibility index (Phi) is 5.44. The number of hydrogen-bond donors (Lipinski definition) is 0. The average Bonchev–Trinajstić information content (AvgIpc) is 3.15. The summed E-state index contributed by atoms with van der Waals surface area (Å²) in [7, 11) is 1.61. The Morgan fingerprint density at radius 2 is 1.86 bits per heavy atom. The number of carbonyl (C=O) groups is 1. The number of para-hydroxylation sites is 1. The standard InChI is InChI=1S/C22H19ClN4O2/c1-29-19-11-9-18(10-12-19)26(14-16-5-4-6-17(23)13-16)22(28)15-27-21-8-3-2-7-20(21)24-25-27/h2-13H,14-15H2,1H3. The van der Waals surface area contributed by atoms with Gasteiger partial charge >= 0.3 is 0 Å². The quantitative estimate of drug-likeness (QED) is 0.478. The molecule has 1 amide bonds. The Bertz CT molecular complexity index is 1140. The Hall–Kier alpha value is -3.38. The van der Waals surface area contributed by atoms with Crippen LogP contribution < -0.4 is 9.64 Å². The monoisotopic (exact) mass is 406 g/mol. The number of halogens is 1. The van der Waals surface area contributed by atoms with Crippen LogP contribution in [0.3, 0.4) is 0 Å². The van der Waals surface area contributed by atoms with Gasteiger partial charge in [-0.15, -0.1) is 5.10 Å². The summed E-state index contributed by atoms with van der Waals surface area (Å²) < 4.78 is 6.85. The Balaban J connectivity index is 1.65. The number of ether oxygens (including phenoxy) is 1. The Labute approximate surface area is 173 Å². The molecule has 4 rings (SSSR count).